The van der Waals surface area contributed by atoms with Crippen molar-refractivity contribution in [1.82, 2.24) is 5.32 Å². The number of amides is 1. The fraction of sp³-hybridized carbons (Fsp3) is 0.458. The van der Waals surface area contributed by atoms with E-state index >= 15 is 0 Å². The number of methoxy groups -OCH3 is 1. The van der Waals surface area contributed by atoms with E-state index in [1.807, 2.05) is 24.3 Å². The molecule has 1 saturated carbocycles. The van der Waals surface area contributed by atoms with Gasteiger partial charge in [0.25, 0.3) is 5.91 Å². The van der Waals surface area contributed by atoms with E-state index in [0.717, 1.165) is 36.6 Å². The molecule has 7 heteroatoms. The average Bonchev–Trinajstić information content (AvgIpc) is 2.77. The van der Waals surface area contributed by atoms with Crippen molar-refractivity contribution in [1.29, 1.82) is 0 Å². The first kappa shape index (κ1) is 21.4. The molecule has 1 aliphatic carbocycles. The Hall–Kier alpha value is -2.80. The molecule has 0 spiro atoms. The Bertz CT molecular complexity index is 911. The van der Waals surface area contributed by atoms with Gasteiger partial charge in [0.1, 0.15) is 0 Å². The summed E-state index contributed by atoms with van der Waals surface area (Å²) in [6.45, 7) is 4.02. The molecule has 31 heavy (non-hydrogen) atoms. The van der Waals surface area contributed by atoms with Gasteiger partial charge in [0, 0.05) is 37.6 Å². The van der Waals surface area contributed by atoms with E-state index in [1.165, 1.54) is 32.4 Å². The molecular weight excluding hydrogens is 397 g/mol. The van der Waals surface area contributed by atoms with E-state index in [1.54, 1.807) is 6.07 Å². The van der Waals surface area contributed by atoms with Crippen molar-refractivity contribution in [3.63, 3.8) is 0 Å². The molecule has 4 rings (SSSR count). The molecule has 1 aliphatic heterocycles. The largest absolute Gasteiger partial charge is 0.494 e. The van der Waals surface area contributed by atoms with Gasteiger partial charge in [-0.25, -0.2) is 4.39 Å². The second-order valence-corrected chi connectivity index (χ2v) is 8.16. The Morgan fingerprint density at radius 2 is 2.00 bits per heavy atom. The van der Waals surface area contributed by atoms with Gasteiger partial charge in [-0.05, 0) is 54.7 Å². The number of carbonyl (C=O) groups is 1. The summed E-state index contributed by atoms with van der Waals surface area (Å²) < 4.78 is 24.4. The summed E-state index contributed by atoms with van der Waals surface area (Å²) in [5.41, 5.74) is 3.20. The van der Waals surface area contributed by atoms with E-state index in [4.69, 9.17) is 9.47 Å². The molecule has 166 valence electrons. The summed E-state index contributed by atoms with van der Waals surface area (Å²) >= 11 is 0. The highest BCUT2D eigenvalue weighted by Crippen LogP contribution is 2.28. The minimum absolute atomic E-state index is 0.0486. The molecule has 2 aromatic rings. The SMILES string of the molecule is COc1ccc(CNc2ccc(N3CCOCC3)c(C(=O)NCC3CCC3)c2)cc1F. The molecule has 2 N–H and O–H groups in total. The summed E-state index contributed by atoms with van der Waals surface area (Å²) in [6, 6.07) is 10.7. The fourth-order valence-corrected chi connectivity index (χ4v) is 3.96. The van der Waals surface area contributed by atoms with Crippen LogP contribution in [-0.4, -0.2) is 45.9 Å². The van der Waals surface area contributed by atoms with Crippen molar-refractivity contribution in [2.24, 2.45) is 5.92 Å². The van der Waals surface area contributed by atoms with Gasteiger partial charge in [0.15, 0.2) is 11.6 Å². The number of anilines is 2. The number of hydrogen-bond donors (Lipinski definition) is 2. The molecule has 0 atom stereocenters. The van der Waals surface area contributed by atoms with Gasteiger partial charge in [-0.15, -0.1) is 0 Å². The number of ether oxygens (including phenoxy) is 2. The van der Waals surface area contributed by atoms with E-state index in [9.17, 15) is 9.18 Å². The molecule has 0 unspecified atom stereocenters. The van der Waals surface area contributed by atoms with Crippen molar-refractivity contribution in [2.75, 3.05) is 50.2 Å². The Morgan fingerprint density at radius 3 is 2.68 bits per heavy atom. The predicted octanol–water partition coefficient (Wildman–Crippen LogP) is 3.81. The molecule has 0 aromatic heterocycles. The highest BCUT2D eigenvalue weighted by molar-refractivity contribution is 6.00. The van der Waals surface area contributed by atoms with Crippen LogP contribution in [0.4, 0.5) is 15.8 Å². The number of halogens is 1. The van der Waals surface area contributed by atoms with Gasteiger partial charge in [-0.3, -0.25) is 4.79 Å². The van der Waals surface area contributed by atoms with E-state index in [2.05, 4.69) is 15.5 Å². The molecule has 0 radical (unpaired) electrons. The summed E-state index contributed by atoms with van der Waals surface area (Å²) in [6.07, 6.45) is 3.64. The standard InChI is InChI=1S/C24H30FN3O3/c1-30-23-8-5-18(13-21(23)25)16-26-19-6-7-22(28-9-11-31-12-10-28)20(14-19)24(29)27-15-17-3-2-4-17/h5-8,13-14,17,26H,2-4,9-12,15-16H2,1H3,(H,27,29). The van der Waals surface area contributed by atoms with Crippen LogP contribution in [0.15, 0.2) is 36.4 Å². The van der Waals surface area contributed by atoms with Crippen LogP contribution in [0.5, 0.6) is 5.75 Å². The molecule has 1 amide bonds. The maximum Gasteiger partial charge on any atom is 0.253 e. The van der Waals surface area contributed by atoms with Crippen LogP contribution in [0.2, 0.25) is 0 Å². The summed E-state index contributed by atoms with van der Waals surface area (Å²) in [4.78, 5) is 15.2. The first-order valence-electron chi connectivity index (χ1n) is 11.0. The lowest BCUT2D eigenvalue weighted by molar-refractivity contribution is 0.0937. The average molecular weight is 428 g/mol. The van der Waals surface area contributed by atoms with Gasteiger partial charge >= 0.3 is 0 Å². The van der Waals surface area contributed by atoms with Crippen molar-refractivity contribution >= 4 is 17.3 Å². The molecule has 2 fully saturated rings. The Balaban J connectivity index is 1.49. The Morgan fingerprint density at radius 1 is 1.19 bits per heavy atom. The number of hydrogen-bond acceptors (Lipinski definition) is 5. The molecule has 2 aliphatic rings. The summed E-state index contributed by atoms with van der Waals surface area (Å²) in [5, 5.41) is 6.42. The first-order valence-corrected chi connectivity index (χ1v) is 11.0. The minimum Gasteiger partial charge on any atom is -0.494 e. The lowest BCUT2D eigenvalue weighted by Gasteiger charge is -2.31. The number of benzene rings is 2. The third kappa shape index (κ3) is 5.28. The van der Waals surface area contributed by atoms with Gasteiger partial charge in [-0.2, -0.15) is 0 Å². The number of nitrogens with one attached hydrogen (secondary N) is 2. The van der Waals surface area contributed by atoms with Crippen LogP contribution >= 0.6 is 0 Å². The number of rotatable bonds is 8. The van der Waals surface area contributed by atoms with E-state index in [-0.39, 0.29) is 17.5 Å². The van der Waals surface area contributed by atoms with Gasteiger partial charge in [0.05, 0.1) is 25.9 Å². The van der Waals surface area contributed by atoms with Crippen LogP contribution < -0.4 is 20.3 Å². The molecule has 2 aromatic carbocycles. The highest BCUT2D eigenvalue weighted by atomic mass is 19.1. The lowest BCUT2D eigenvalue weighted by atomic mass is 9.85. The van der Waals surface area contributed by atoms with Crippen LogP contribution in [-0.2, 0) is 11.3 Å². The first-order chi connectivity index (χ1) is 15.1. The van der Waals surface area contributed by atoms with Crippen LogP contribution in [0.3, 0.4) is 0 Å². The zero-order chi connectivity index (χ0) is 21.6. The molecular formula is C24H30FN3O3. The summed E-state index contributed by atoms with van der Waals surface area (Å²) in [5.74, 6) is 0.388. The van der Waals surface area contributed by atoms with Gasteiger partial charge in [0.2, 0.25) is 0 Å². The Kier molecular flexibility index (Phi) is 6.92. The molecule has 6 nitrogen and oxygen atoms in total. The number of nitrogens with zero attached hydrogens (tertiary/aromatic N) is 1. The normalized spacial score (nSPS) is 16.5. The highest BCUT2D eigenvalue weighted by Gasteiger charge is 2.22. The lowest BCUT2D eigenvalue weighted by Crippen LogP contribution is -2.38. The summed E-state index contributed by atoms with van der Waals surface area (Å²) in [7, 11) is 1.45. The zero-order valence-corrected chi connectivity index (χ0v) is 18.0. The topological polar surface area (TPSA) is 62.8 Å². The van der Waals surface area contributed by atoms with Crippen molar-refractivity contribution in [3.05, 3.63) is 53.3 Å². The van der Waals surface area contributed by atoms with Crippen molar-refractivity contribution in [3.8, 4) is 5.75 Å². The van der Waals surface area contributed by atoms with Gasteiger partial charge in [-0.1, -0.05) is 12.5 Å². The molecule has 0 bridgehead atoms. The second-order valence-electron chi connectivity index (χ2n) is 8.16. The van der Waals surface area contributed by atoms with E-state index in [0.29, 0.717) is 31.2 Å². The van der Waals surface area contributed by atoms with Gasteiger partial charge < -0.3 is 25.0 Å². The Labute approximate surface area is 182 Å². The monoisotopic (exact) mass is 427 g/mol. The molecule has 1 saturated heterocycles. The maximum atomic E-state index is 14.0. The smallest absolute Gasteiger partial charge is 0.253 e. The van der Waals surface area contributed by atoms with Crippen LogP contribution in [0.25, 0.3) is 0 Å². The quantitative estimate of drug-likeness (QED) is 0.671. The number of carbonyl (C=O) groups excluding carboxylic acids is 1. The fourth-order valence-electron chi connectivity index (χ4n) is 3.96. The van der Waals surface area contributed by atoms with Crippen molar-refractivity contribution in [2.45, 2.75) is 25.8 Å². The maximum absolute atomic E-state index is 14.0. The predicted molar refractivity (Wildman–Crippen MR) is 119 cm³/mol. The zero-order valence-electron chi connectivity index (χ0n) is 18.0. The third-order valence-corrected chi connectivity index (χ3v) is 6.08. The number of morpholine rings is 1. The minimum atomic E-state index is -0.388. The van der Waals surface area contributed by atoms with Crippen molar-refractivity contribution < 1.29 is 18.7 Å². The van der Waals surface area contributed by atoms with E-state index < -0.39 is 0 Å². The van der Waals surface area contributed by atoms with Crippen LogP contribution in [0.1, 0.15) is 35.2 Å². The second kappa shape index (κ2) is 10.0. The molecule has 1 heterocycles. The third-order valence-electron chi connectivity index (χ3n) is 6.08. The van der Waals surface area contributed by atoms with Crippen LogP contribution in [0, 0.1) is 11.7 Å².